The number of methoxy groups -OCH3 is 2. The highest BCUT2D eigenvalue weighted by Gasteiger charge is 2.53. The van der Waals surface area contributed by atoms with Gasteiger partial charge in [-0.3, -0.25) is 4.79 Å². The number of rotatable bonds is 8. The van der Waals surface area contributed by atoms with Crippen molar-refractivity contribution in [2.75, 3.05) is 14.2 Å². The molecule has 7 nitrogen and oxygen atoms in total. The van der Waals surface area contributed by atoms with Crippen LogP contribution in [0.1, 0.15) is 46.3 Å². The number of ketones is 1. The minimum Gasteiger partial charge on any atom is -0.406 e. The summed E-state index contributed by atoms with van der Waals surface area (Å²) in [4.78, 5) is 13.6. The average molecular weight is 455 g/mol. The van der Waals surface area contributed by atoms with Gasteiger partial charge in [0, 0.05) is 14.2 Å². The third-order valence-corrected chi connectivity index (χ3v) is 10.6. The Hall–Kier alpha value is -1.13. The van der Waals surface area contributed by atoms with Crippen molar-refractivity contribution >= 4 is 14.1 Å². The van der Waals surface area contributed by atoms with E-state index >= 15 is 0 Å². The molecular weight excluding hydrogens is 416 g/mol. The van der Waals surface area contributed by atoms with Gasteiger partial charge in [-0.2, -0.15) is 0 Å². The highest BCUT2D eigenvalue weighted by molar-refractivity contribution is 6.74. The second kappa shape index (κ2) is 9.78. The second-order valence-electron chi connectivity index (χ2n) is 9.92. The highest BCUT2D eigenvalue weighted by atomic mass is 28.4. The molecule has 1 fully saturated rings. The number of carbonyl (C=O) groups excluding carboxylic acids is 1. The van der Waals surface area contributed by atoms with Gasteiger partial charge in [-0.05, 0) is 37.5 Å². The van der Waals surface area contributed by atoms with E-state index in [0.29, 0.717) is 5.56 Å². The summed E-state index contributed by atoms with van der Waals surface area (Å²) in [6, 6.07) is 8.98. The largest absolute Gasteiger partial charge is 0.406 e. The first kappa shape index (κ1) is 26.1. The first-order valence-corrected chi connectivity index (χ1v) is 13.5. The van der Waals surface area contributed by atoms with E-state index in [0.717, 1.165) is 0 Å². The molecule has 176 valence electrons. The topological polar surface area (TPSA) is 83.5 Å². The van der Waals surface area contributed by atoms with Gasteiger partial charge in [-0.15, -0.1) is 0 Å². The number of benzene rings is 1. The van der Waals surface area contributed by atoms with Crippen molar-refractivity contribution in [3.8, 4) is 0 Å². The number of hydrogen-bond acceptors (Lipinski definition) is 7. The molecule has 1 saturated heterocycles. The molecule has 0 amide bonds. The predicted octanol–water partition coefficient (Wildman–Crippen LogP) is 3.82. The maximum atomic E-state index is 13.6. The van der Waals surface area contributed by atoms with Gasteiger partial charge in [0.2, 0.25) is 0 Å². The van der Waals surface area contributed by atoms with Crippen molar-refractivity contribution in [3.63, 3.8) is 0 Å². The van der Waals surface area contributed by atoms with E-state index in [4.69, 9.17) is 23.4 Å². The fourth-order valence-corrected chi connectivity index (χ4v) is 4.60. The molecule has 0 aliphatic carbocycles. The van der Waals surface area contributed by atoms with Crippen LogP contribution in [-0.2, 0) is 28.2 Å². The van der Waals surface area contributed by atoms with Crippen LogP contribution < -0.4 is 0 Å². The number of ether oxygens (including phenoxy) is 4. The summed E-state index contributed by atoms with van der Waals surface area (Å²) in [5, 5.41) is 10.9. The average Bonchev–Trinajstić information content (AvgIpc) is 2.68. The SMILES string of the molecule is COC(OC)[C@H](O[Si](C)(C)C(C)(C)C)[C@@H]1OC(C)(C)O[C@@H]([C@@H](O)c2ccccc2)C1=O. The molecule has 31 heavy (non-hydrogen) atoms. The van der Waals surface area contributed by atoms with Crippen molar-refractivity contribution in [1.29, 1.82) is 0 Å². The summed E-state index contributed by atoms with van der Waals surface area (Å²) in [6.07, 6.45) is -4.94. The quantitative estimate of drug-likeness (QED) is 0.472. The van der Waals surface area contributed by atoms with Crippen LogP contribution in [-0.4, -0.2) is 63.8 Å². The monoisotopic (exact) mass is 454 g/mol. The van der Waals surface area contributed by atoms with Crippen LogP contribution in [0.25, 0.3) is 0 Å². The van der Waals surface area contributed by atoms with Crippen LogP contribution in [0.3, 0.4) is 0 Å². The third-order valence-electron chi connectivity index (χ3n) is 6.08. The van der Waals surface area contributed by atoms with Crippen molar-refractivity contribution in [2.24, 2.45) is 0 Å². The third kappa shape index (κ3) is 6.01. The van der Waals surface area contributed by atoms with Crippen LogP contribution in [0.4, 0.5) is 0 Å². The Morgan fingerprint density at radius 2 is 1.55 bits per heavy atom. The lowest BCUT2D eigenvalue weighted by Gasteiger charge is -2.47. The van der Waals surface area contributed by atoms with Crippen molar-refractivity contribution in [2.45, 2.75) is 89.2 Å². The van der Waals surface area contributed by atoms with Gasteiger partial charge in [-0.1, -0.05) is 51.1 Å². The molecule has 1 heterocycles. The Balaban J connectivity index is 2.44. The fourth-order valence-electron chi connectivity index (χ4n) is 3.33. The number of carbonyl (C=O) groups is 1. The molecule has 8 heteroatoms. The molecule has 4 atom stereocenters. The van der Waals surface area contributed by atoms with Gasteiger partial charge in [0.05, 0.1) is 0 Å². The first-order chi connectivity index (χ1) is 14.2. The van der Waals surface area contributed by atoms with Gasteiger partial charge in [-0.25, -0.2) is 0 Å². The smallest absolute Gasteiger partial charge is 0.196 e. The Morgan fingerprint density at radius 3 is 2.03 bits per heavy atom. The Labute approximate surface area is 187 Å². The number of Topliss-reactive ketones (excluding diaryl/α,β-unsaturated/α-hetero) is 1. The maximum Gasteiger partial charge on any atom is 0.196 e. The minimum absolute atomic E-state index is 0.107. The van der Waals surface area contributed by atoms with E-state index in [1.807, 2.05) is 6.07 Å². The van der Waals surface area contributed by atoms with E-state index in [9.17, 15) is 9.90 Å². The lowest BCUT2D eigenvalue weighted by Crippen LogP contribution is -2.62. The summed E-state index contributed by atoms with van der Waals surface area (Å²) in [6.45, 7) is 14.0. The normalized spacial score (nSPS) is 24.3. The summed E-state index contributed by atoms with van der Waals surface area (Å²) in [7, 11) is 0.671. The molecule has 0 aromatic heterocycles. The van der Waals surface area contributed by atoms with E-state index < -0.39 is 50.6 Å². The van der Waals surface area contributed by atoms with Gasteiger partial charge in [0.1, 0.15) is 12.2 Å². The molecule has 1 aromatic rings. The number of hydrogen-bond donors (Lipinski definition) is 1. The molecule has 2 rings (SSSR count). The van der Waals surface area contributed by atoms with Crippen LogP contribution >= 0.6 is 0 Å². The predicted molar refractivity (Wildman–Crippen MR) is 120 cm³/mol. The molecule has 0 radical (unpaired) electrons. The number of aliphatic hydroxyl groups is 1. The van der Waals surface area contributed by atoms with Crippen molar-refractivity contribution in [3.05, 3.63) is 35.9 Å². The van der Waals surface area contributed by atoms with Gasteiger partial charge in [0.25, 0.3) is 0 Å². The molecule has 0 spiro atoms. The molecular formula is C23H38O7Si. The Bertz CT molecular complexity index is 725. The number of aliphatic hydroxyl groups excluding tert-OH is 1. The van der Waals surface area contributed by atoms with E-state index in [2.05, 4.69) is 33.9 Å². The zero-order chi connectivity index (χ0) is 23.6. The Kier molecular flexibility index (Phi) is 8.24. The minimum atomic E-state index is -2.33. The first-order valence-electron chi connectivity index (χ1n) is 10.6. The zero-order valence-electron chi connectivity index (χ0n) is 20.2. The summed E-state index contributed by atoms with van der Waals surface area (Å²) in [5.41, 5.74) is 0.592. The molecule has 0 saturated carbocycles. The van der Waals surface area contributed by atoms with Gasteiger partial charge in [0.15, 0.2) is 38.4 Å². The van der Waals surface area contributed by atoms with Crippen molar-refractivity contribution < 1.29 is 33.3 Å². The van der Waals surface area contributed by atoms with E-state index in [1.54, 1.807) is 38.1 Å². The molecule has 1 aromatic carbocycles. The summed E-state index contributed by atoms with van der Waals surface area (Å²) >= 11 is 0. The lowest BCUT2D eigenvalue weighted by atomic mass is 9.94. The highest BCUT2D eigenvalue weighted by Crippen LogP contribution is 2.40. The molecule has 1 aliphatic rings. The Morgan fingerprint density at radius 1 is 1.03 bits per heavy atom. The lowest BCUT2D eigenvalue weighted by molar-refractivity contribution is -0.312. The fraction of sp³-hybridized carbons (Fsp3) is 0.696. The molecule has 0 bridgehead atoms. The molecule has 0 unspecified atom stereocenters. The van der Waals surface area contributed by atoms with Crippen LogP contribution in [0.2, 0.25) is 18.1 Å². The van der Waals surface area contributed by atoms with E-state index in [1.165, 1.54) is 14.2 Å². The second-order valence-corrected chi connectivity index (χ2v) is 14.7. The van der Waals surface area contributed by atoms with Crippen molar-refractivity contribution in [1.82, 2.24) is 0 Å². The summed E-state index contributed by atoms with van der Waals surface area (Å²) < 4.78 is 29.6. The van der Waals surface area contributed by atoms with Crippen LogP contribution in [0.15, 0.2) is 30.3 Å². The maximum absolute atomic E-state index is 13.6. The summed E-state index contributed by atoms with van der Waals surface area (Å²) in [5.74, 6) is -1.53. The van der Waals surface area contributed by atoms with E-state index in [-0.39, 0.29) is 5.04 Å². The molecule has 1 N–H and O–H groups in total. The van der Waals surface area contributed by atoms with Gasteiger partial charge >= 0.3 is 0 Å². The van der Waals surface area contributed by atoms with Crippen LogP contribution in [0, 0.1) is 0 Å². The van der Waals surface area contributed by atoms with Gasteiger partial charge < -0.3 is 28.5 Å². The molecule has 1 aliphatic heterocycles. The zero-order valence-corrected chi connectivity index (χ0v) is 21.2. The standard InChI is InChI=1S/C23H38O7Si/c1-22(2,3)31(8,9)30-20(21(26-6)27-7)19-17(25)18(28-23(4,5)29-19)16(24)15-13-11-10-12-14-15/h10-14,16,18-21,24H,1-9H3/t16-,18-,19+,20+/m0/s1. The van der Waals surface area contributed by atoms with Crippen LogP contribution in [0.5, 0.6) is 0 Å².